The average Bonchev–Trinajstić information content (AvgIpc) is 3.27. The highest BCUT2D eigenvalue weighted by Crippen LogP contribution is 2.32. The summed E-state index contributed by atoms with van der Waals surface area (Å²) >= 11 is 3.61. The third kappa shape index (κ3) is 7.26. The van der Waals surface area contributed by atoms with Gasteiger partial charge in [-0.25, -0.2) is 0 Å². The molecule has 34 heavy (non-hydrogen) atoms. The van der Waals surface area contributed by atoms with Gasteiger partial charge < -0.3 is 10.4 Å². The fourth-order valence-electron chi connectivity index (χ4n) is 4.29. The molecule has 1 heterocycles. The molecule has 0 aliphatic carbocycles. The van der Waals surface area contributed by atoms with E-state index in [1.807, 2.05) is 0 Å². The van der Waals surface area contributed by atoms with E-state index >= 15 is 0 Å². The van der Waals surface area contributed by atoms with Gasteiger partial charge in [0.15, 0.2) is 5.78 Å². The van der Waals surface area contributed by atoms with Crippen LogP contribution in [-0.2, 0) is 16.6 Å². The molecule has 0 saturated carbocycles. The van der Waals surface area contributed by atoms with Crippen molar-refractivity contribution in [3.05, 3.63) is 63.1 Å². The fourth-order valence-corrected chi connectivity index (χ4v) is 4.80. The van der Waals surface area contributed by atoms with E-state index in [1.54, 1.807) is 12.1 Å². The van der Waals surface area contributed by atoms with Crippen LogP contribution in [0.25, 0.3) is 0 Å². The van der Waals surface area contributed by atoms with Crippen LogP contribution in [0, 0.1) is 0 Å². The Bertz CT molecular complexity index is 1090. The van der Waals surface area contributed by atoms with Gasteiger partial charge in [0.2, 0.25) is 0 Å². The highest BCUT2D eigenvalue weighted by molar-refractivity contribution is 9.10. The minimum Gasteiger partial charge on any atom is -0.508 e. The lowest BCUT2D eigenvalue weighted by Gasteiger charge is -2.23. The Balaban J connectivity index is 1.62. The summed E-state index contributed by atoms with van der Waals surface area (Å²) < 4.78 is 1.01. The minimum atomic E-state index is -0.357. The molecule has 0 aromatic heterocycles. The fraction of sp³-hybridized carbons (Fsp3) is 0.464. The third-order valence-electron chi connectivity index (χ3n) is 6.28. The van der Waals surface area contributed by atoms with Crippen molar-refractivity contribution in [2.75, 3.05) is 13.1 Å². The Kier molecular flexibility index (Phi) is 8.69. The Labute approximate surface area is 211 Å². The summed E-state index contributed by atoms with van der Waals surface area (Å²) in [7, 11) is 0. The topological polar surface area (TPSA) is 78.8 Å². The van der Waals surface area contributed by atoms with E-state index in [-0.39, 0.29) is 35.3 Å². The predicted octanol–water partition coefficient (Wildman–Crippen LogP) is 6.11. The number of nitrogens with zero attached hydrogens (tertiary/aromatic N) is 1. The van der Waals surface area contributed by atoms with E-state index in [4.69, 9.17) is 0 Å². The van der Waals surface area contributed by atoms with Gasteiger partial charge >= 0.3 is 0 Å². The molecule has 5 nitrogen and oxygen atoms in total. The zero-order valence-corrected chi connectivity index (χ0v) is 22.2. The lowest BCUT2D eigenvalue weighted by molar-refractivity contribution is -0.118. The van der Waals surface area contributed by atoms with E-state index in [2.05, 4.69) is 72.1 Å². The highest BCUT2D eigenvalue weighted by atomic mass is 79.9. The molecule has 1 amide bonds. The van der Waals surface area contributed by atoms with Gasteiger partial charge in [-0.3, -0.25) is 14.6 Å². The number of rotatable bonds is 9. The monoisotopic (exact) mass is 526 g/mol. The number of hydrogen-bond donors (Lipinski definition) is 2. The summed E-state index contributed by atoms with van der Waals surface area (Å²) in [4.78, 5) is 29.9. The smallest absolute Gasteiger partial charge is 0.251 e. The maximum absolute atomic E-state index is 12.8. The molecule has 1 aliphatic heterocycles. The Morgan fingerprint density at radius 1 is 1.15 bits per heavy atom. The van der Waals surface area contributed by atoms with Gasteiger partial charge in [0.25, 0.3) is 5.91 Å². The van der Waals surface area contributed by atoms with Crippen LogP contribution in [0.1, 0.15) is 86.3 Å². The molecule has 2 aromatic carbocycles. The van der Waals surface area contributed by atoms with Gasteiger partial charge in [0, 0.05) is 35.1 Å². The first-order chi connectivity index (χ1) is 16.0. The van der Waals surface area contributed by atoms with Gasteiger partial charge in [-0.05, 0) is 77.6 Å². The number of carbonyl (C=O) groups excluding carboxylic acids is 2. The van der Waals surface area contributed by atoms with Crippen LogP contribution in [0.5, 0.6) is 5.75 Å². The van der Waals surface area contributed by atoms with Crippen molar-refractivity contribution in [2.45, 2.75) is 71.1 Å². The van der Waals surface area contributed by atoms with E-state index in [9.17, 15) is 14.7 Å². The number of hydrogen-bond acceptors (Lipinski definition) is 4. The van der Waals surface area contributed by atoms with Crippen LogP contribution in [0.4, 0.5) is 0 Å². The molecule has 182 valence electrons. The molecule has 0 saturated heterocycles. The zero-order chi connectivity index (χ0) is 24.9. The van der Waals surface area contributed by atoms with Gasteiger partial charge in [0.05, 0.1) is 6.54 Å². The van der Waals surface area contributed by atoms with Crippen molar-refractivity contribution in [3.63, 3.8) is 0 Å². The number of carbonyl (C=O) groups is 2. The number of phenolic OH excluding ortho intramolecular Hbond substituents is 1. The quantitative estimate of drug-likeness (QED) is 0.413. The molecular formula is C28H35BrN2O3. The van der Waals surface area contributed by atoms with Gasteiger partial charge in [-0.1, -0.05) is 49.7 Å². The maximum Gasteiger partial charge on any atom is 0.251 e. The molecule has 1 aliphatic rings. The van der Waals surface area contributed by atoms with E-state index in [0.717, 1.165) is 47.1 Å². The molecule has 2 N–H and O–H groups in total. The average molecular weight is 528 g/mol. The summed E-state index contributed by atoms with van der Waals surface area (Å²) in [5, 5.41) is 12.8. The second-order valence-corrected chi connectivity index (χ2v) is 11.1. The van der Waals surface area contributed by atoms with Crippen LogP contribution < -0.4 is 5.32 Å². The van der Waals surface area contributed by atoms with Crippen molar-refractivity contribution >= 4 is 33.3 Å². The second-order valence-electron chi connectivity index (χ2n) is 10.2. The molecular weight excluding hydrogens is 492 g/mol. The number of halogens is 1. The van der Waals surface area contributed by atoms with Gasteiger partial charge in [-0.2, -0.15) is 0 Å². The van der Waals surface area contributed by atoms with Gasteiger partial charge in [-0.15, -0.1) is 0 Å². The Morgan fingerprint density at radius 3 is 2.56 bits per heavy atom. The van der Waals surface area contributed by atoms with Gasteiger partial charge in [0.1, 0.15) is 5.75 Å². The molecule has 0 radical (unpaired) electrons. The second kappa shape index (κ2) is 11.3. The Hall–Kier alpha value is -2.47. The third-order valence-corrected chi connectivity index (χ3v) is 6.74. The molecule has 0 bridgehead atoms. The van der Waals surface area contributed by atoms with Crippen molar-refractivity contribution < 1.29 is 14.7 Å². The number of amides is 1. The number of nitrogens with one attached hydrogen (secondary N) is 1. The minimum absolute atomic E-state index is 0.0132. The summed E-state index contributed by atoms with van der Waals surface area (Å²) in [5.41, 5.74) is 4.68. The normalized spacial score (nSPS) is 14.6. The summed E-state index contributed by atoms with van der Waals surface area (Å²) in [6.07, 6.45) is 3.84. The molecule has 0 fully saturated rings. The molecule has 2 aromatic rings. The SMILES string of the molecule is CC[C@H](CC(=O)CNC(=O)c1cc(O)cc(CC2=NCCC2)c1)c1cc(Br)cc(C(C)(C)C)c1. The van der Waals surface area contributed by atoms with Crippen molar-refractivity contribution in [2.24, 2.45) is 4.99 Å². The molecule has 0 unspecified atom stereocenters. The van der Waals surface area contributed by atoms with E-state index in [0.29, 0.717) is 18.4 Å². The summed E-state index contributed by atoms with van der Waals surface area (Å²) in [6.45, 7) is 9.42. The molecule has 6 heteroatoms. The zero-order valence-electron chi connectivity index (χ0n) is 20.6. The van der Waals surface area contributed by atoms with Crippen molar-refractivity contribution in [1.82, 2.24) is 5.32 Å². The van der Waals surface area contributed by atoms with E-state index < -0.39 is 0 Å². The summed E-state index contributed by atoms with van der Waals surface area (Å²) in [6, 6.07) is 11.3. The van der Waals surface area contributed by atoms with Crippen LogP contribution in [0.3, 0.4) is 0 Å². The standard InChI is InChI=1S/C28H35BrN2O3/c1-5-19(20-12-22(28(2,3)4)16-23(29)13-20)14-26(33)17-31-27(34)21-9-18(11-25(32)15-21)10-24-7-6-8-30-24/h9,11-13,15-16,19,32H,5-8,10,14,17H2,1-4H3,(H,31,34)/t19-/m1/s1. The lowest BCUT2D eigenvalue weighted by atomic mass is 9.83. The first-order valence-corrected chi connectivity index (χ1v) is 12.8. The van der Waals surface area contributed by atoms with E-state index in [1.165, 1.54) is 11.6 Å². The first kappa shape index (κ1) is 26.1. The number of Topliss-reactive ketones (excluding diaryl/α,β-unsaturated/α-hetero) is 1. The van der Waals surface area contributed by atoms with Crippen molar-refractivity contribution in [3.8, 4) is 5.75 Å². The maximum atomic E-state index is 12.8. The first-order valence-electron chi connectivity index (χ1n) is 12.0. The number of ketones is 1. The van der Waals surface area contributed by atoms with Crippen LogP contribution in [0.2, 0.25) is 0 Å². The number of aromatic hydroxyl groups is 1. The Morgan fingerprint density at radius 2 is 1.91 bits per heavy atom. The number of benzene rings is 2. The number of phenols is 1. The van der Waals surface area contributed by atoms with Crippen molar-refractivity contribution in [1.29, 1.82) is 0 Å². The molecule has 1 atom stereocenters. The van der Waals surface area contributed by atoms with Crippen LogP contribution in [-0.4, -0.2) is 35.6 Å². The lowest BCUT2D eigenvalue weighted by Crippen LogP contribution is -2.30. The highest BCUT2D eigenvalue weighted by Gasteiger charge is 2.20. The largest absolute Gasteiger partial charge is 0.508 e. The van der Waals surface area contributed by atoms with Crippen LogP contribution >= 0.6 is 15.9 Å². The van der Waals surface area contributed by atoms with Crippen LogP contribution in [0.15, 0.2) is 45.9 Å². The number of aliphatic imine (C=N–C) groups is 1. The predicted molar refractivity (Wildman–Crippen MR) is 141 cm³/mol. The molecule has 0 spiro atoms. The molecule has 3 rings (SSSR count). The summed E-state index contributed by atoms with van der Waals surface area (Å²) in [5.74, 6) is -0.243.